The van der Waals surface area contributed by atoms with Crippen molar-refractivity contribution in [2.75, 3.05) is 13.1 Å². The first kappa shape index (κ1) is 16.8. The molecule has 0 aliphatic carbocycles. The summed E-state index contributed by atoms with van der Waals surface area (Å²) in [7, 11) is 0. The highest BCUT2D eigenvalue weighted by atomic mass is 16.5. The van der Waals surface area contributed by atoms with Crippen molar-refractivity contribution in [2.24, 2.45) is 0 Å². The Labute approximate surface area is 153 Å². The highest BCUT2D eigenvalue weighted by Crippen LogP contribution is 2.20. The summed E-state index contributed by atoms with van der Waals surface area (Å²) >= 11 is 0. The summed E-state index contributed by atoms with van der Waals surface area (Å²) < 4.78 is 6.01. The minimum atomic E-state index is 0.0934. The molecule has 1 aliphatic heterocycles. The van der Waals surface area contributed by atoms with E-state index in [0.29, 0.717) is 19.6 Å². The minimum Gasteiger partial charge on any atom is -0.372 e. The van der Waals surface area contributed by atoms with Crippen molar-refractivity contribution in [3.05, 3.63) is 66.1 Å². The first-order valence-corrected chi connectivity index (χ1v) is 9.13. The van der Waals surface area contributed by atoms with E-state index < -0.39 is 0 Å². The van der Waals surface area contributed by atoms with Gasteiger partial charge in [-0.15, -0.1) is 0 Å². The van der Waals surface area contributed by atoms with Crippen LogP contribution in [0.2, 0.25) is 0 Å². The fourth-order valence-electron chi connectivity index (χ4n) is 3.55. The summed E-state index contributed by atoms with van der Waals surface area (Å²) in [6.45, 7) is 2.03. The number of benzene rings is 1. The fourth-order valence-corrected chi connectivity index (χ4v) is 3.55. The molecule has 1 atom stereocenters. The lowest BCUT2D eigenvalue weighted by Gasteiger charge is -2.32. The molecular weight excluding hydrogens is 326 g/mol. The van der Waals surface area contributed by atoms with E-state index in [9.17, 15) is 4.79 Å². The number of ether oxygens (including phenoxy) is 1. The van der Waals surface area contributed by atoms with Gasteiger partial charge in [-0.1, -0.05) is 24.3 Å². The molecule has 4 rings (SSSR count). The highest BCUT2D eigenvalue weighted by Gasteiger charge is 2.24. The summed E-state index contributed by atoms with van der Waals surface area (Å²) in [5.74, 6) is 0.171. The second kappa shape index (κ2) is 7.70. The molecule has 1 amide bonds. The number of para-hydroxylation sites is 1. The topological polar surface area (TPSA) is 58.2 Å². The van der Waals surface area contributed by atoms with Crippen molar-refractivity contribution < 1.29 is 9.53 Å². The third-order valence-corrected chi connectivity index (χ3v) is 4.96. The predicted molar refractivity (Wildman–Crippen MR) is 101 cm³/mol. The summed E-state index contributed by atoms with van der Waals surface area (Å²) in [6.07, 6.45) is 8.03. The summed E-state index contributed by atoms with van der Waals surface area (Å²) in [4.78, 5) is 22.1. The summed E-state index contributed by atoms with van der Waals surface area (Å²) in [5.41, 5.74) is 3.20. The molecule has 0 bridgehead atoms. The molecule has 1 N–H and O–H groups in total. The number of aromatic nitrogens is 2. The molecule has 1 aliphatic rings. The Morgan fingerprint density at radius 3 is 3.08 bits per heavy atom. The molecule has 1 saturated heterocycles. The number of hydrogen-bond acceptors (Lipinski definition) is 3. The summed E-state index contributed by atoms with van der Waals surface area (Å²) in [5, 5.41) is 1.13. The van der Waals surface area contributed by atoms with E-state index in [1.807, 2.05) is 47.6 Å². The number of fused-ring (bicyclic) bond motifs is 1. The zero-order valence-electron chi connectivity index (χ0n) is 14.7. The van der Waals surface area contributed by atoms with Crippen LogP contribution < -0.4 is 0 Å². The third-order valence-electron chi connectivity index (χ3n) is 4.96. The van der Waals surface area contributed by atoms with Gasteiger partial charge >= 0.3 is 0 Å². The monoisotopic (exact) mass is 349 g/mol. The lowest BCUT2D eigenvalue weighted by molar-refractivity contribution is -0.134. The number of nitrogens with one attached hydrogen (secondary N) is 1. The SMILES string of the molecule is O=C(Cc1c[nH]c2ccccc12)N1CCC[C@H](OCc2cccnc2)C1. The van der Waals surface area contributed by atoms with Gasteiger partial charge in [-0.3, -0.25) is 9.78 Å². The van der Waals surface area contributed by atoms with E-state index in [1.54, 1.807) is 6.20 Å². The zero-order valence-corrected chi connectivity index (χ0v) is 14.7. The van der Waals surface area contributed by atoms with Crippen molar-refractivity contribution in [3.63, 3.8) is 0 Å². The van der Waals surface area contributed by atoms with Gasteiger partial charge in [0, 0.05) is 42.6 Å². The van der Waals surface area contributed by atoms with Gasteiger partial charge in [0.1, 0.15) is 0 Å². The maximum absolute atomic E-state index is 12.8. The van der Waals surface area contributed by atoms with Gasteiger partial charge in [0.2, 0.25) is 5.91 Å². The number of amides is 1. The van der Waals surface area contributed by atoms with Crippen LogP contribution in [0.25, 0.3) is 10.9 Å². The molecule has 0 radical (unpaired) electrons. The zero-order chi connectivity index (χ0) is 17.8. The minimum absolute atomic E-state index is 0.0934. The number of likely N-dealkylation sites (tertiary alicyclic amines) is 1. The van der Waals surface area contributed by atoms with Crippen LogP contribution in [0.5, 0.6) is 0 Å². The molecule has 5 heteroatoms. The highest BCUT2D eigenvalue weighted by molar-refractivity contribution is 5.88. The van der Waals surface area contributed by atoms with Crippen LogP contribution in [0.4, 0.5) is 0 Å². The van der Waals surface area contributed by atoms with Crippen molar-refractivity contribution in [3.8, 4) is 0 Å². The van der Waals surface area contributed by atoms with Gasteiger partial charge in [0.15, 0.2) is 0 Å². The van der Waals surface area contributed by atoms with Gasteiger partial charge in [-0.25, -0.2) is 0 Å². The molecule has 26 heavy (non-hydrogen) atoms. The summed E-state index contributed by atoms with van der Waals surface area (Å²) in [6, 6.07) is 12.0. The van der Waals surface area contributed by atoms with Crippen molar-refractivity contribution in [1.29, 1.82) is 0 Å². The van der Waals surface area contributed by atoms with E-state index >= 15 is 0 Å². The Morgan fingerprint density at radius 2 is 2.19 bits per heavy atom. The van der Waals surface area contributed by atoms with Gasteiger partial charge < -0.3 is 14.6 Å². The van der Waals surface area contributed by atoms with E-state index in [-0.39, 0.29) is 12.0 Å². The number of rotatable bonds is 5. The van der Waals surface area contributed by atoms with Crippen LogP contribution in [0.1, 0.15) is 24.0 Å². The van der Waals surface area contributed by atoms with Crippen LogP contribution in [-0.2, 0) is 22.6 Å². The van der Waals surface area contributed by atoms with E-state index in [4.69, 9.17) is 4.74 Å². The van der Waals surface area contributed by atoms with E-state index in [0.717, 1.165) is 41.4 Å². The standard InChI is InChI=1S/C21H23N3O2/c25-21(11-17-13-23-20-8-2-1-7-19(17)20)24-10-4-6-18(14-24)26-15-16-5-3-9-22-12-16/h1-3,5,7-9,12-13,18,23H,4,6,10-11,14-15H2/t18-/m0/s1. The Balaban J connectivity index is 1.35. The Kier molecular flexibility index (Phi) is 4.97. The fraction of sp³-hybridized carbons (Fsp3) is 0.333. The molecule has 1 fully saturated rings. The molecule has 0 saturated carbocycles. The van der Waals surface area contributed by atoms with Gasteiger partial charge in [-0.2, -0.15) is 0 Å². The molecule has 1 aromatic carbocycles. The average Bonchev–Trinajstić information content (AvgIpc) is 3.10. The predicted octanol–water partition coefficient (Wildman–Crippen LogP) is 3.31. The van der Waals surface area contributed by atoms with Gasteiger partial charge in [0.05, 0.1) is 19.1 Å². The number of piperidine rings is 1. The number of carbonyl (C=O) groups is 1. The van der Waals surface area contributed by atoms with Crippen LogP contribution in [-0.4, -0.2) is 40.0 Å². The first-order valence-electron chi connectivity index (χ1n) is 9.13. The van der Waals surface area contributed by atoms with Crippen LogP contribution in [0.3, 0.4) is 0 Å². The quantitative estimate of drug-likeness (QED) is 0.769. The normalized spacial score (nSPS) is 17.5. The van der Waals surface area contributed by atoms with Gasteiger partial charge in [-0.05, 0) is 36.1 Å². The molecule has 134 valence electrons. The largest absolute Gasteiger partial charge is 0.372 e. The Bertz CT molecular complexity index is 875. The maximum atomic E-state index is 12.8. The Morgan fingerprint density at radius 1 is 1.27 bits per heavy atom. The molecule has 3 heterocycles. The molecule has 0 unspecified atom stereocenters. The third kappa shape index (κ3) is 3.78. The molecule has 2 aromatic heterocycles. The van der Waals surface area contributed by atoms with Gasteiger partial charge in [0.25, 0.3) is 0 Å². The lowest BCUT2D eigenvalue weighted by atomic mass is 10.1. The Hall–Kier alpha value is -2.66. The molecule has 0 spiro atoms. The van der Waals surface area contributed by atoms with Crippen molar-refractivity contribution >= 4 is 16.8 Å². The molecular formula is C21H23N3O2. The molecule has 5 nitrogen and oxygen atoms in total. The second-order valence-corrected chi connectivity index (χ2v) is 6.81. The first-order chi connectivity index (χ1) is 12.8. The van der Waals surface area contributed by atoms with Crippen LogP contribution in [0, 0.1) is 0 Å². The lowest BCUT2D eigenvalue weighted by Crippen LogP contribution is -2.43. The van der Waals surface area contributed by atoms with E-state index in [1.165, 1.54) is 0 Å². The van der Waals surface area contributed by atoms with Crippen LogP contribution in [0.15, 0.2) is 55.0 Å². The van der Waals surface area contributed by atoms with Crippen molar-refractivity contribution in [1.82, 2.24) is 14.9 Å². The number of carbonyl (C=O) groups excluding carboxylic acids is 1. The number of nitrogens with zero attached hydrogens (tertiary/aromatic N) is 2. The number of hydrogen-bond donors (Lipinski definition) is 1. The number of pyridine rings is 1. The average molecular weight is 349 g/mol. The maximum Gasteiger partial charge on any atom is 0.227 e. The van der Waals surface area contributed by atoms with Crippen molar-refractivity contribution in [2.45, 2.75) is 32.0 Å². The van der Waals surface area contributed by atoms with Crippen LogP contribution >= 0.6 is 0 Å². The number of H-pyrrole nitrogens is 1. The number of aromatic amines is 1. The smallest absolute Gasteiger partial charge is 0.227 e. The van der Waals surface area contributed by atoms with E-state index in [2.05, 4.69) is 16.0 Å². The second-order valence-electron chi connectivity index (χ2n) is 6.81. The molecule has 3 aromatic rings.